The van der Waals surface area contributed by atoms with Gasteiger partial charge in [-0.15, -0.1) is 0 Å². The number of H-pyrrole nitrogens is 1. The molecule has 0 aliphatic carbocycles. The van der Waals surface area contributed by atoms with Crippen molar-refractivity contribution in [2.45, 2.75) is 32.2 Å². The van der Waals surface area contributed by atoms with Gasteiger partial charge in [0.1, 0.15) is 5.82 Å². The van der Waals surface area contributed by atoms with Gasteiger partial charge in [0.15, 0.2) is 17.3 Å². The van der Waals surface area contributed by atoms with Gasteiger partial charge in [0, 0.05) is 5.41 Å². The molecule has 1 heterocycles. The predicted molar refractivity (Wildman–Crippen MR) is 80.7 cm³/mol. The highest BCUT2D eigenvalue weighted by molar-refractivity contribution is 5.44. The number of aromatic amines is 1. The van der Waals surface area contributed by atoms with E-state index in [2.05, 4.69) is 36.0 Å². The van der Waals surface area contributed by atoms with Gasteiger partial charge in [-0.25, -0.2) is 4.98 Å². The summed E-state index contributed by atoms with van der Waals surface area (Å²) in [5, 5.41) is 7.16. The minimum Gasteiger partial charge on any atom is -0.493 e. The van der Waals surface area contributed by atoms with Gasteiger partial charge >= 0.3 is 0 Å². The molecule has 3 N–H and O–H groups in total. The van der Waals surface area contributed by atoms with E-state index in [0.29, 0.717) is 17.3 Å². The van der Waals surface area contributed by atoms with Crippen molar-refractivity contribution in [2.75, 3.05) is 14.2 Å². The van der Waals surface area contributed by atoms with Crippen LogP contribution in [-0.4, -0.2) is 29.4 Å². The van der Waals surface area contributed by atoms with Gasteiger partial charge in [-0.3, -0.25) is 5.10 Å². The van der Waals surface area contributed by atoms with Crippen LogP contribution in [0, 0.1) is 0 Å². The van der Waals surface area contributed by atoms with Crippen molar-refractivity contribution >= 4 is 0 Å². The predicted octanol–water partition coefficient (Wildman–Crippen LogP) is 2.17. The Morgan fingerprint density at radius 3 is 2.33 bits per heavy atom. The molecule has 0 aliphatic heterocycles. The maximum atomic E-state index is 6.26. The molecule has 0 spiro atoms. The largest absolute Gasteiger partial charge is 0.493 e. The summed E-state index contributed by atoms with van der Waals surface area (Å²) in [4.78, 5) is 4.49. The SMILES string of the molecule is COc1ccc([C@H](N)c2nc(C(C)(C)C)n[nH]2)cc1OC. The molecule has 0 radical (unpaired) electrons. The second-order valence-electron chi connectivity index (χ2n) is 5.89. The van der Waals surface area contributed by atoms with Crippen LogP contribution in [0.2, 0.25) is 0 Å². The van der Waals surface area contributed by atoms with E-state index < -0.39 is 6.04 Å². The molecule has 2 aromatic rings. The molecule has 6 nitrogen and oxygen atoms in total. The first-order valence-corrected chi connectivity index (χ1v) is 6.77. The Labute approximate surface area is 124 Å². The molecule has 1 atom stereocenters. The van der Waals surface area contributed by atoms with Crippen LogP contribution in [0.3, 0.4) is 0 Å². The zero-order chi connectivity index (χ0) is 15.6. The van der Waals surface area contributed by atoms with E-state index in [1.807, 2.05) is 18.2 Å². The minimum absolute atomic E-state index is 0.119. The number of nitrogens with two attached hydrogens (primary N) is 1. The molecular formula is C15H22N4O2. The van der Waals surface area contributed by atoms with E-state index in [1.54, 1.807) is 14.2 Å². The first-order valence-electron chi connectivity index (χ1n) is 6.77. The Bertz CT molecular complexity index is 616. The van der Waals surface area contributed by atoms with Gasteiger partial charge < -0.3 is 15.2 Å². The maximum absolute atomic E-state index is 6.26. The Balaban J connectivity index is 2.31. The molecule has 0 saturated carbocycles. The average molecular weight is 290 g/mol. The van der Waals surface area contributed by atoms with Crippen LogP contribution in [0.15, 0.2) is 18.2 Å². The number of benzene rings is 1. The molecule has 0 bridgehead atoms. The topological polar surface area (TPSA) is 86.0 Å². The third-order valence-corrected chi connectivity index (χ3v) is 3.23. The second kappa shape index (κ2) is 5.73. The highest BCUT2D eigenvalue weighted by atomic mass is 16.5. The first kappa shape index (κ1) is 15.3. The fourth-order valence-corrected chi connectivity index (χ4v) is 1.95. The van der Waals surface area contributed by atoms with Crippen LogP contribution < -0.4 is 15.2 Å². The average Bonchev–Trinajstić information content (AvgIpc) is 2.95. The number of nitrogens with one attached hydrogen (secondary N) is 1. The third-order valence-electron chi connectivity index (χ3n) is 3.23. The van der Waals surface area contributed by atoms with Crippen molar-refractivity contribution < 1.29 is 9.47 Å². The van der Waals surface area contributed by atoms with E-state index >= 15 is 0 Å². The van der Waals surface area contributed by atoms with Gasteiger partial charge in [0.05, 0.1) is 20.3 Å². The molecule has 1 aromatic carbocycles. The molecule has 2 rings (SSSR count). The normalized spacial score (nSPS) is 13.0. The van der Waals surface area contributed by atoms with Crippen molar-refractivity contribution in [3.63, 3.8) is 0 Å². The molecular weight excluding hydrogens is 268 g/mol. The van der Waals surface area contributed by atoms with E-state index in [4.69, 9.17) is 15.2 Å². The summed E-state index contributed by atoms with van der Waals surface area (Å²) in [6.45, 7) is 6.17. The summed E-state index contributed by atoms with van der Waals surface area (Å²) in [5.41, 5.74) is 7.02. The molecule has 0 saturated heterocycles. The highest BCUT2D eigenvalue weighted by Gasteiger charge is 2.22. The van der Waals surface area contributed by atoms with Crippen molar-refractivity contribution in [3.05, 3.63) is 35.4 Å². The van der Waals surface area contributed by atoms with E-state index in [1.165, 1.54) is 0 Å². The van der Waals surface area contributed by atoms with E-state index in [0.717, 1.165) is 11.4 Å². The lowest BCUT2D eigenvalue weighted by molar-refractivity contribution is 0.354. The number of methoxy groups -OCH3 is 2. The van der Waals surface area contributed by atoms with Crippen LogP contribution in [0.4, 0.5) is 0 Å². The zero-order valence-electron chi connectivity index (χ0n) is 13.1. The maximum Gasteiger partial charge on any atom is 0.161 e. The molecule has 1 aromatic heterocycles. The summed E-state index contributed by atoms with van der Waals surface area (Å²) in [7, 11) is 3.20. The van der Waals surface area contributed by atoms with Gasteiger partial charge in [-0.05, 0) is 17.7 Å². The Kier molecular flexibility index (Phi) is 4.18. The standard InChI is InChI=1S/C15H22N4O2/c1-15(2,3)14-17-13(18-19-14)12(16)9-6-7-10(20-4)11(8-9)21-5/h6-8,12H,16H2,1-5H3,(H,17,18,19)/t12-/m0/s1. The zero-order valence-corrected chi connectivity index (χ0v) is 13.1. The van der Waals surface area contributed by atoms with Gasteiger partial charge in [0.2, 0.25) is 0 Å². The highest BCUT2D eigenvalue weighted by Crippen LogP contribution is 2.31. The van der Waals surface area contributed by atoms with Crippen molar-refractivity contribution in [1.29, 1.82) is 0 Å². The third kappa shape index (κ3) is 3.16. The lowest BCUT2D eigenvalue weighted by Crippen LogP contribution is -2.16. The molecule has 0 unspecified atom stereocenters. The molecule has 21 heavy (non-hydrogen) atoms. The Morgan fingerprint density at radius 1 is 1.14 bits per heavy atom. The summed E-state index contributed by atoms with van der Waals surface area (Å²) >= 11 is 0. The van der Waals surface area contributed by atoms with Crippen molar-refractivity contribution in [3.8, 4) is 11.5 Å². The van der Waals surface area contributed by atoms with Crippen molar-refractivity contribution in [2.24, 2.45) is 5.73 Å². The molecule has 0 aliphatic rings. The van der Waals surface area contributed by atoms with E-state index in [-0.39, 0.29) is 5.41 Å². The van der Waals surface area contributed by atoms with E-state index in [9.17, 15) is 0 Å². The molecule has 0 amide bonds. The number of hydrogen-bond donors (Lipinski definition) is 2. The minimum atomic E-state index is -0.395. The van der Waals surface area contributed by atoms with Crippen molar-refractivity contribution in [1.82, 2.24) is 15.2 Å². The van der Waals surface area contributed by atoms with Crippen LogP contribution in [0.25, 0.3) is 0 Å². The van der Waals surface area contributed by atoms with Gasteiger partial charge in [-0.2, -0.15) is 5.10 Å². The summed E-state index contributed by atoms with van der Waals surface area (Å²) in [5.74, 6) is 2.68. The summed E-state index contributed by atoms with van der Waals surface area (Å²) in [6.07, 6.45) is 0. The molecule has 114 valence electrons. The Morgan fingerprint density at radius 2 is 1.81 bits per heavy atom. The number of hydrogen-bond acceptors (Lipinski definition) is 5. The molecule has 0 fully saturated rings. The van der Waals surface area contributed by atoms with Gasteiger partial charge in [0.25, 0.3) is 0 Å². The fraction of sp³-hybridized carbons (Fsp3) is 0.467. The molecule has 6 heteroatoms. The fourth-order valence-electron chi connectivity index (χ4n) is 1.95. The summed E-state index contributed by atoms with van der Waals surface area (Å²) in [6, 6.07) is 5.18. The van der Waals surface area contributed by atoms with Crippen LogP contribution >= 0.6 is 0 Å². The number of rotatable bonds is 4. The quantitative estimate of drug-likeness (QED) is 0.901. The number of aromatic nitrogens is 3. The van der Waals surface area contributed by atoms with Crippen LogP contribution in [0.5, 0.6) is 11.5 Å². The number of ether oxygens (including phenoxy) is 2. The Hall–Kier alpha value is -2.08. The van der Waals surface area contributed by atoms with Crippen LogP contribution in [-0.2, 0) is 5.41 Å². The summed E-state index contributed by atoms with van der Waals surface area (Å²) < 4.78 is 10.5. The van der Waals surface area contributed by atoms with Gasteiger partial charge in [-0.1, -0.05) is 26.8 Å². The lowest BCUT2D eigenvalue weighted by Gasteiger charge is -2.14. The second-order valence-corrected chi connectivity index (χ2v) is 5.89. The first-order chi connectivity index (χ1) is 9.86. The van der Waals surface area contributed by atoms with Crippen LogP contribution in [0.1, 0.15) is 44.0 Å². The number of nitrogens with zero attached hydrogens (tertiary/aromatic N) is 2. The lowest BCUT2D eigenvalue weighted by atomic mass is 9.96. The monoisotopic (exact) mass is 290 g/mol. The smallest absolute Gasteiger partial charge is 0.161 e.